The first-order valence-corrected chi connectivity index (χ1v) is 6.41. The number of carbonyl (C=O) groups excluding carboxylic acids is 2. The number of fused-ring (bicyclic) bond motifs is 1. The van der Waals surface area contributed by atoms with Crippen LogP contribution in [0.1, 0.15) is 39.5 Å². The van der Waals surface area contributed by atoms with E-state index in [1.54, 1.807) is 0 Å². The molecule has 0 aromatic heterocycles. The molecule has 0 aromatic carbocycles. The monoisotopic (exact) mass is 272 g/mol. The molecule has 1 saturated carbocycles. The molecule has 0 aromatic rings. The Hall–Kier alpha value is -1.37. The van der Waals surface area contributed by atoms with Crippen molar-refractivity contribution >= 4 is 29.3 Å². The Bertz CT molecular complexity index is 353. The molecule has 1 heterocycles. The van der Waals surface area contributed by atoms with E-state index in [-0.39, 0.29) is 17.2 Å². The van der Waals surface area contributed by atoms with E-state index in [2.05, 4.69) is 0 Å². The van der Waals surface area contributed by atoms with Gasteiger partial charge in [-0.2, -0.15) is 10.1 Å². The summed E-state index contributed by atoms with van der Waals surface area (Å²) in [6.45, 7) is 2.66. The lowest BCUT2D eigenvalue weighted by atomic mass is 9.91. The number of hydrogen-bond acceptors (Lipinski definition) is 5. The molecule has 0 amide bonds. The van der Waals surface area contributed by atoms with Crippen molar-refractivity contribution < 1.29 is 19.3 Å². The van der Waals surface area contributed by atoms with Crippen LogP contribution in [0, 0.1) is 0 Å². The molecule has 7 heteroatoms. The van der Waals surface area contributed by atoms with Crippen LogP contribution in [0.25, 0.3) is 0 Å². The molecule has 0 unspecified atom stereocenters. The van der Waals surface area contributed by atoms with E-state index in [4.69, 9.17) is 21.9 Å². The molecule has 0 N–H and O–H groups in total. The summed E-state index contributed by atoms with van der Waals surface area (Å²) in [6, 6.07) is -0.0380. The fraction of sp³-hybridized carbons (Fsp3) is 0.727. The fourth-order valence-electron chi connectivity index (χ4n) is 2.51. The van der Waals surface area contributed by atoms with Crippen molar-refractivity contribution in [2.45, 2.75) is 51.6 Å². The van der Waals surface area contributed by atoms with E-state index >= 15 is 0 Å². The molecule has 2 atom stereocenters. The van der Waals surface area contributed by atoms with E-state index in [9.17, 15) is 9.59 Å². The molecule has 0 radical (unpaired) electrons. The Morgan fingerprint density at radius 3 is 1.78 bits per heavy atom. The SMILES string of the molecule is CC(=O)ON1C(=S)N(OC(C)=O)[C@H]2CCCC[C@@H]21. The van der Waals surface area contributed by atoms with Gasteiger partial charge in [0.1, 0.15) is 0 Å². The summed E-state index contributed by atoms with van der Waals surface area (Å²) in [7, 11) is 0. The van der Waals surface area contributed by atoms with Crippen molar-refractivity contribution in [1.29, 1.82) is 0 Å². The molecule has 2 fully saturated rings. The van der Waals surface area contributed by atoms with Crippen molar-refractivity contribution in [3.63, 3.8) is 0 Å². The molecule has 2 aliphatic rings. The van der Waals surface area contributed by atoms with Gasteiger partial charge in [-0.05, 0) is 25.1 Å². The van der Waals surface area contributed by atoms with Crippen LogP contribution in [0.15, 0.2) is 0 Å². The molecule has 2 rings (SSSR count). The summed E-state index contributed by atoms with van der Waals surface area (Å²) in [4.78, 5) is 32.4. The molecule has 1 saturated heterocycles. The summed E-state index contributed by atoms with van der Waals surface area (Å²) < 4.78 is 0. The first-order valence-electron chi connectivity index (χ1n) is 6.00. The van der Waals surface area contributed by atoms with Gasteiger partial charge in [0, 0.05) is 13.8 Å². The van der Waals surface area contributed by atoms with Crippen LogP contribution in [0.5, 0.6) is 0 Å². The minimum absolute atomic E-state index is 0.0190. The minimum atomic E-state index is -0.425. The second-order valence-electron chi connectivity index (χ2n) is 4.52. The van der Waals surface area contributed by atoms with E-state index in [1.807, 2.05) is 0 Å². The Morgan fingerprint density at radius 1 is 1.06 bits per heavy atom. The third-order valence-electron chi connectivity index (χ3n) is 3.13. The Kier molecular flexibility index (Phi) is 3.70. The summed E-state index contributed by atoms with van der Waals surface area (Å²) in [6.07, 6.45) is 3.84. The number of thiocarbonyl (C=S) groups is 1. The molecule has 1 aliphatic carbocycles. The Morgan fingerprint density at radius 2 is 1.44 bits per heavy atom. The molecular formula is C11H16N2O4S. The number of nitrogens with zero attached hydrogens (tertiary/aromatic N) is 2. The van der Waals surface area contributed by atoms with Gasteiger partial charge in [0.25, 0.3) is 0 Å². The molecular weight excluding hydrogens is 256 g/mol. The highest BCUT2D eigenvalue weighted by Gasteiger charge is 2.48. The van der Waals surface area contributed by atoms with Gasteiger partial charge in [-0.15, -0.1) is 0 Å². The summed E-state index contributed by atoms with van der Waals surface area (Å²) in [5, 5.41) is 3.06. The number of hydroxylamine groups is 4. The van der Waals surface area contributed by atoms with Crippen molar-refractivity contribution in [2.24, 2.45) is 0 Å². The second kappa shape index (κ2) is 5.09. The Balaban J connectivity index is 2.19. The number of carbonyl (C=O) groups is 2. The summed E-state index contributed by atoms with van der Waals surface area (Å²) in [5.74, 6) is -0.849. The van der Waals surface area contributed by atoms with E-state index < -0.39 is 11.9 Å². The average Bonchev–Trinajstić information content (AvgIpc) is 2.54. The molecule has 100 valence electrons. The third kappa shape index (κ3) is 2.40. The number of hydrogen-bond donors (Lipinski definition) is 0. The van der Waals surface area contributed by atoms with Crippen LogP contribution in [0.3, 0.4) is 0 Å². The molecule has 0 bridgehead atoms. The van der Waals surface area contributed by atoms with Crippen LogP contribution < -0.4 is 0 Å². The third-order valence-corrected chi connectivity index (χ3v) is 3.49. The zero-order chi connectivity index (χ0) is 13.3. The highest BCUT2D eigenvalue weighted by Crippen LogP contribution is 2.34. The normalized spacial score (nSPS) is 26.9. The maximum Gasteiger partial charge on any atom is 0.329 e. The van der Waals surface area contributed by atoms with Crippen LogP contribution in [0.2, 0.25) is 0 Å². The fourth-order valence-corrected chi connectivity index (χ4v) is 2.86. The highest BCUT2D eigenvalue weighted by atomic mass is 32.1. The maximum absolute atomic E-state index is 11.1. The number of rotatable bonds is 2. The van der Waals surface area contributed by atoms with Crippen LogP contribution in [-0.2, 0) is 19.3 Å². The van der Waals surface area contributed by atoms with Gasteiger partial charge in [-0.1, -0.05) is 12.8 Å². The smallest absolute Gasteiger partial charge is 0.329 e. The molecule has 18 heavy (non-hydrogen) atoms. The van der Waals surface area contributed by atoms with E-state index in [0.29, 0.717) is 0 Å². The van der Waals surface area contributed by atoms with Crippen molar-refractivity contribution in [3.8, 4) is 0 Å². The lowest BCUT2D eigenvalue weighted by molar-refractivity contribution is -0.177. The molecule has 6 nitrogen and oxygen atoms in total. The largest absolute Gasteiger partial charge is 0.338 e. The van der Waals surface area contributed by atoms with Crippen molar-refractivity contribution in [2.75, 3.05) is 0 Å². The van der Waals surface area contributed by atoms with Gasteiger partial charge in [0.2, 0.25) is 5.11 Å². The summed E-state index contributed by atoms with van der Waals surface area (Å²) in [5.41, 5.74) is 0. The second-order valence-corrected chi connectivity index (χ2v) is 4.88. The topological polar surface area (TPSA) is 59.1 Å². The van der Waals surface area contributed by atoms with Gasteiger partial charge in [0.15, 0.2) is 0 Å². The molecule has 0 spiro atoms. The predicted octanol–water partition coefficient (Wildman–Crippen LogP) is 1.16. The van der Waals surface area contributed by atoms with Gasteiger partial charge >= 0.3 is 11.9 Å². The van der Waals surface area contributed by atoms with Gasteiger partial charge < -0.3 is 9.68 Å². The quantitative estimate of drug-likeness (QED) is 0.699. The highest BCUT2D eigenvalue weighted by molar-refractivity contribution is 7.80. The van der Waals surface area contributed by atoms with Crippen molar-refractivity contribution in [1.82, 2.24) is 10.1 Å². The standard InChI is InChI=1S/C11H16N2O4S/c1-7(14)16-12-9-5-3-4-6-10(9)13(11(12)18)17-8(2)15/h9-10H,3-6H2,1-2H3/t9-,10-/m0/s1. The van der Waals surface area contributed by atoms with Gasteiger partial charge in [-0.3, -0.25) is 9.59 Å². The van der Waals surface area contributed by atoms with E-state index in [0.717, 1.165) is 25.7 Å². The van der Waals surface area contributed by atoms with Gasteiger partial charge in [-0.25, -0.2) is 0 Å². The van der Waals surface area contributed by atoms with Crippen LogP contribution in [0.4, 0.5) is 0 Å². The summed E-state index contributed by atoms with van der Waals surface area (Å²) >= 11 is 5.21. The average molecular weight is 272 g/mol. The first kappa shape index (κ1) is 13.1. The maximum atomic E-state index is 11.1. The van der Waals surface area contributed by atoms with Crippen LogP contribution in [-0.4, -0.2) is 39.3 Å². The predicted molar refractivity (Wildman–Crippen MR) is 65.9 cm³/mol. The first-order chi connectivity index (χ1) is 8.50. The van der Waals surface area contributed by atoms with Crippen molar-refractivity contribution in [3.05, 3.63) is 0 Å². The van der Waals surface area contributed by atoms with E-state index in [1.165, 1.54) is 24.0 Å². The lowest BCUT2D eigenvalue weighted by Crippen LogP contribution is -2.40. The zero-order valence-electron chi connectivity index (χ0n) is 10.4. The zero-order valence-corrected chi connectivity index (χ0v) is 11.2. The lowest BCUT2D eigenvalue weighted by Gasteiger charge is -2.29. The molecule has 1 aliphatic heterocycles. The minimum Gasteiger partial charge on any atom is -0.338 e. The Labute approximate surface area is 111 Å². The van der Waals surface area contributed by atoms with Crippen LogP contribution >= 0.6 is 12.2 Å². The van der Waals surface area contributed by atoms with Gasteiger partial charge in [0.05, 0.1) is 12.1 Å².